The summed E-state index contributed by atoms with van der Waals surface area (Å²) in [5.74, 6) is 0. The molecule has 2 aromatic rings. The van der Waals surface area contributed by atoms with Gasteiger partial charge in [-0.05, 0) is 55.0 Å². The van der Waals surface area contributed by atoms with Crippen molar-refractivity contribution >= 4 is 17.1 Å². The van der Waals surface area contributed by atoms with Crippen LogP contribution in [0.1, 0.15) is 24.0 Å². The van der Waals surface area contributed by atoms with Crippen LogP contribution < -0.4 is 10.2 Å². The Morgan fingerprint density at radius 3 is 2.80 bits per heavy atom. The molecule has 2 heterocycles. The molecule has 2 nitrogen and oxygen atoms in total. The predicted octanol–water partition coefficient (Wildman–Crippen LogP) is 4.13. The number of hydrogen-bond acceptors (Lipinski definition) is 2. The van der Waals surface area contributed by atoms with E-state index in [1.54, 1.807) is 0 Å². The number of para-hydroxylation sites is 1. The standard InChI is InChI=1S/C18H20N2/c1-2-8-18-15(5-1)7-4-12-20(18)16-10-9-14-6-3-11-19-17(14)13-16/h1-2,5,8-10,13,19H,3-4,6-7,11-12H2. The van der Waals surface area contributed by atoms with Crippen LogP contribution in [0.4, 0.5) is 17.1 Å². The van der Waals surface area contributed by atoms with Crippen LogP contribution in [0.25, 0.3) is 0 Å². The number of nitrogens with zero attached hydrogens (tertiary/aromatic N) is 1. The molecule has 1 N–H and O–H groups in total. The van der Waals surface area contributed by atoms with Crippen molar-refractivity contribution in [2.45, 2.75) is 25.7 Å². The second-order valence-electron chi connectivity index (χ2n) is 5.76. The fourth-order valence-electron chi connectivity index (χ4n) is 3.42. The average Bonchev–Trinajstić information content (AvgIpc) is 2.54. The molecule has 20 heavy (non-hydrogen) atoms. The maximum Gasteiger partial charge on any atom is 0.0443 e. The Labute approximate surface area is 120 Å². The van der Waals surface area contributed by atoms with E-state index in [0.29, 0.717) is 0 Å². The van der Waals surface area contributed by atoms with Crippen LogP contribution >= 0.6 is 0 Å². The van der Waals surface area contributed by atoms with Gasteiger partial charge in [0.15, 0.2) is 0 Å². The predicted molar refractivity (Wildman–Crippen MR) is 85.0 cm³/mol. The van der Waals surface area contributed by atoms with Crippen molar-refractivity contribution in [1.82, 2.24) is 0 Å². The zero-order valence-corrected chi connectivity index (χ0v) is 11.7. The van der Waals surface area contributed by atoms with E-state index in [1.807, 2.05) is 0 Å². The van der Waals surface area contributed by atoms with Gasteiger partial charge < -0.3 is 10.2 Å². The highest BCUT2D eigenvalue weighted by Gasteiger charge is 2.19. The lowest BCUT2D eigenvalue weighted by Gasteiger charge is -2.32. The molecule has 0 amide bonds. The quantitative estimate of drug-likeness (QED) is 0.833. The monoisotopic (exact) mass is 264 g/mol. The number of aryl methyl sites for hydroxylation is 2. The van der Waals surface area contributed by atoms with Gasteiger partial charge in [-0.3, -0.25) is 0 Å². The van der Waals surface area contributed by atoms with Gasteiger partial charge in [-0.2, -0.15) is 0 Å². The summed E-state index contributed by atoms with van der Waals surface area (Å²) in [4.78, 5) is 2.47. The van der Waals surface area contributed by atoms with Crippen LogP contribution in [0.2, 0.25) is 0 Å². The van der Waals surface area contributed by atoms with Gasteiger partial charge in [-0.1, -0.05) is 24.3 Å². The molecular weight excluding hydrogens is 244 g/mol. The first kappa shape index (κ1) is 11.8. The van der Waals surface area contributed by atoms with Crippen molar-refractivity contribution in [2.75, 3.05) is 23.3 Å². The summed E-state index contributed by atoms with van der Waals surface area (Å²) in [6.07, 6.45) is 4.90. The maximum atomic E-state index is 3.54. The van der Waals surface area contributed by atoms with E-state index in [9.17, 15) is 0 Å². The van der Waals surface area contributed by atoms with Crippen molar-refractivity contribution in [2.24, 2.45) is 0 Å². The lowest BCUT2D eigenvalue weighted by molar-refractivity contribution is 0.765. The molecule has 0 saturated heterocycles. The number of hydrogen-bond donors (Lipinski definition) is 1. The molecule has 2 aliphatic heterocycles. The minimum atomic E-state index is 1.10. The van der Waals surface area contributed by atoms with Crippen LogP contribution in [-0.4, -0.2) is 13.1 Å². The van der Waals surface area contributed by atoms with E-state index in [1.165, 1.54) is 53.9 Å². The number of nitrogens with one attached hydrogen (secondary N) is 1. The van der Waals surface area contributed by atoms with E-state index in [4.69, 9.17) is 0 Å². The molecule has 102 valence electrons. The topological polar surface area (TPSA) is 15.3 Å². The zero-order chi connectivity index (χ0) is 13.4. The Balaban J connectivity index is 1.75. The molecule has 0 radical (unpaired) electrons. The van der Waals surface area contributed by atoms with Gasteiger partial charge in [-0.15, -0.1) is 0 Å². The molecule has 4 rings (SSSR count). The fourth-order valence-corrected chi connectivity index (χ4v) is 3.42. The first-order valence-electron chi connectivity index (χ1n) is 7.64. The molecular formula is C18H20N2. The second kappa shape index (κ2) is 4.86. The minimum absolute atomic E-state index is 1.10. The number of anilines is 3. The summed E-state index contributed by atoms with van der Waals surface area (Å²) < 4.78 is 0. The van der Waals surface area contributed by atoms with Gasteiger partial charge in [0.1, 0.15) is 0 Å². The van der Waals surface area contributed by atoms with Crippen LogP contribution in [0.15, 0.2) is 42.5 Å². The molecule has 0 fully saturated rings. The van der Waals surface area contributed by atoms with Crippen LogP contribution in [0.3, 0.4) is 0 Å². The van der Waals surface area contributed by atoms with Gasteiger partial charge in [0.05, 0.1) is 0 Å². The molecule has 2 aromatic carbocycles. The number of benzene rings is 2. The molecule has 0 aliphatic carbocycles. The van der Waals surface area contributed by atoms with Gasteiger partial charge in [-0.25, -0.2) is 0 Å². The summed E-state index contributed by atoms with van der Waals surface area (Å²) in [7, 11) is 0. The fraction of sp³-hybridized carbons (Fsp3) is 0.333. The van der Waals surface area contributed by atoms with Crippen molar-refractivity contribution in [3.05, 3.63) is 53.6 Å². The Bertz CT molecular complexity index is 633. The molecule has 0 saturated carbocycles. The minimum Gasteiger partial charge on any atom is -0.385 e. The maximum absolute atomic E-state index is 3.54. The van der Waals surface area contributed by atoms with Gasteiger partial charge in [0, 0.05) is 30.2 Å². The molecule has 2 aliphatic rings. The SMILES string of the molecule is c1ccc2c(c1)CCCN2c1ccc2c(c1)NCCC2. The molecule has 0 atom stereocenters. The van der Waals surface area contributed by atoms with Gasteiger partial charge >= 0.3 is 0 Å². The first-order chi connectivity index (χ1) is 9.92. The summed E-state index contributed by atoms with van der Waals surface area (Å²) in [5.41, 5.74) is 6.98. The molecule has 2 heteroatoms. The van der Waals surface area contributed by atoms with Crippen LogP contribution in [0.5, 0.6) is 0 Å². The van der Waals surface area contributed by atoms with Gasteiger partial charge in [0.25, 0.3) is 0 Å². The third-order valence-electron chi connectivity index (χ3n) is 4.45. The Morgan fingerprint density at radius 2 is 1.80 bits per heavy atom. The second-order valence-corrected chi connectivity index (χ2v) is 5.76. The Hall–Kier alpha value is -1.96. The highest BCUT2D eigenvalue weighted by Crippen LogP contribution is 2.35. The normalized spacial score (nSPS) is 17.1. The highest BCUT2D eigenvalue weighted by molar-refractivity contribution is 5.72. The lowest BCUT2D eigenvalue weighted by Crippen LogP contribution is -2.24. The average molecular weight is 264 g/mol. The van der Waals surface area contributed by atoms with E-state index >= 15 is 0 Å². The first-order valence-corrected chi connectivity index (χ1v) is 7.64. The van der Waals surface area contributed by atoms with Crippen molar-refractivity contribution in [3.8, 4) is 0 Å². The van der Waals surface area contributed by atoms with E-state index in [-0.39, 0.29) is 0 Å². The smallest absolute Gasteiger partial charge is 0.0443 e. The summed E-state index contributed by atoms with van der Waals surface area (Å²) >= 11 is 0. The highest BCUT2D eigenvalue weighted by atomic mass is 15.1. The summed E-state index contributed by atoms with van der Waals surface area (Å²) in [6.45, 7) is 2.23. The largest absolute Gasteiger partial charge is 0.385 e. The number of fused-ring (bicyclic) bond motifs is 2. The molecule has 0 unspecified atom stereocenters. The molecule has 0 aromatic heterocycles. The summed E-state index contributed by atoms with van der Waals surface area (Å²) in [5, 5.41) is 3.54. The van der Waals surface area contributed by atoms with Crippen molar-refractivity contribution in [3.63, 3.8) is 0 Å². The lowest BCUT2D eigenvalue weighted by atomic mass is 9.99. The zero-order valence-electron chi connectivity index (χ0n) is 11.7. The molecule has 0 spiro atoms. The Morgan fingerprint density at radius 1 is 0.900 bits per heavy atom. The van der Waals surface area contributed by atoms with Gasteiger partial charge in [0.2, 0.25) is 0 Å². The number of rotatable bonds is 1. The third-order valence-corrected chi connectivity index (χ3v) is 4.45. The molecule has 0 bridgehead atoms. The van der Waals surface area contributed by atoms with Crippen LogP contribution in [0, 0.1) is 0 Å². The third kappa shape index (κ3) is 1.96. The summed E-state index contributed by atoms with van der Waals surface area (Å²) in [6, 6.07) is 15.7. The van der Waals surface area contributed by atoms with E-state index in [0.717, 1.165) is 13.1 Å². The van der Waals surface area contributed by atoms with Crippen LogP contribution in [-0.2, 0) is 12.8 Å². The van der Waals surface area contributed by atoms with Crippen molar-refractivity contribution < 1.29 is 0 Å². The van der Waals surface area contributed by atoms with E-state index < -0.39 is 0 Å². The Kier molecular flexibility index (Phi) is 2.87. The van der Waals surface area contributed by atoms with Crippen molar-refractivity contribution in [1.29, 1.82) is 0 Å². The van der Waals surface area contributed by atoms with E-state index in [2.05, 4.69) is 52.7 Å².